The lowest BCUT2D eigenvalue weighted by Gasteiger charge is -2.23. The van der Waals surface area contributed by atoms with Crippen LogP contribution in [0.1, 0.15) is 41.0 Å². The van der Waals surface area contributed by atoms with E-state index in [1.807, 2.05) is 4.90 Å². The second kappa shape index (κ2) is 8.24. The quantitative estimate of drug-likeness (QED) is 0.601. The molecule has 2 saturated heterocycles. The van der Waals surface area contributed by atoms with Gasteiger partial charge in [0, 0.05) is 31.2 Å². The molecular formula is C24H25F3N4O. The zero-order valence-electron chi connectivity index (χ0n) is 17.7. The van der Waals surface area contributed by atoms with Gasteiger partial charge in [-0.3, -0.25) is 9.69 Å². The zero-order chi connectivity index (χ0) is 22.3. The van der Waals surface area contributed by atoms with Gasteiger partial charge in [-0.1, -0.05) is 24.3 Å². The Balaban J connectivity index is 1.32. The summed E-state index contributed by atoms with van der Waals surface area (Å²) in [6, 6.07) is 13.9. The van der Waals surface area contributed by atoms with Crippen LogP contribution in [-0.4, -0.2) is 57.5 Å². The summed E-state index contributed by atoms with van der Waals surface area (Å²) >= 11 is 0. The van der Waals surface area contributed by atoms with Gasteiger partial charge in [-0.05, 0) is 62.2 Å². The monoisotopic (exact) mass is 442 g/mol. The molecule has 0 aliphatic carbocycles. The van der Waals surface area contributed by atoms with E-state index in [0.29, 0.717) is 28.2 Å². The SMILES string of the molecule is O=C(c1ccc(Cn2c(C(F)(F)F)nc3ccccc32)cc1)N1CC[C@H](N2CCCC2)C1. The van der Waals surface area contributed by atoms with Crippen molar-refractivity contribution in [1.29, 1.82) is 0 Å². The van der Waals surface area contributed by atoms with E-state index in [9.17, 15) is 18.0 Å². The summed E-state index contributed by atoms with van der Waals surface area (Å²) in [5.41, 5.74) is 2.01. The Hall–Kier alpha value is -2.87. The molecule has 0 bridgehead atoms. The first kappa shape index (κ1) is 21.0. The summed E-state index contributed by atoms with van der Waals surface area (Å²) in [5, 5.41) is 0. The van der Waals surface area contributed by atoms with Gasteiger partial charge in [0.15, 0.2) is 0 Å². The number of rotatable bonds is 4. The summed E-state index contributed by atoms with van der Waals surface area (Å²) in [6.45, 7) is 3.76. The number of halogens is 3. The highest BCUT2D eigenvalue weighted by atomic mass is 19.4. The topological polar surface area (TPSA) is 41.4 Å². The Morgan fingerprint density at radius 3 is 2.44 bits per heavy atom. The summed E-state index contributed by atoms with van der Waals surface area (Å²) in [6.07, 6.45) is -1.09. The normalized spacial score (nSPS) is 19.8. The smallest absolute Gasteiger partial charge is 0.337 e. The molecule has 2 fully saturated rings. The molecule has 5 nitrogen and oxygen atoms in total. The molecule has 1 atom stereocenters. The highest BCUT2D eigenvalue weighted by Crippen LogP contribution is 2.32. The minimum absolute atomic E-state index is 0.0118. The summed E-state index contributed by atoms with van der Waals surface area (Å²) in [7, 11) is 0. The second-order valence-corrected chi connectivity index (χ2v) is 8.64. The fourth-order valence-corrected chi connectivity index (χ4v) is 4.90. The lowest BCUT2D eigenvalue weighted by atomic mass is 10.1. The maximum absolute atomic E-state index is 13.5. The van der Waals surface area contributed by atoms with Gasteiger partial charge in [0.25, 0.3) is 5.91 Å². The van der Waals surface area contributed by atoms with Crippen molar-refractivity contribution in [3.05, 3.63) is 65.5 Å². The summed E-state index contributed by atoms with van der Waals surface area (Å²) in [5.74, 6) is -0.925. The average molecular weight is 442 g/mol. The van der Waals surface area contributed by atoms with Crippen molar-refractivity contribution >= 4 is 16.9 Å². The maximum Gasteiger partial charge on any atom is 0.449 e. The van der Waals surface area contributed by atoms with E-state index in [4.69, 9.17) is 0 Å². The molecule has 0 spiro atoms. The van der Waals surface area contributed by atoms with Crippen molar-refractivity contribution in [1.82, 2.24) is 19.4 Å². The number of amides is 1. The molecule has 2 aliphatic rings. The Morgan fingerprint density at radius 1 is 1.00 bits per heavy atom. The zero-order valence-corrected chi connectivity index (χ0v) is 17.7. The first-order valence-corrected chi connectivity index (χ1v) is 11.0. The van der Waals surface area contributed by atoms with E-state index < -0.39 is 12.0 Å². The third-order valence-electron chi connectivity index (χ3n) is 6.56. The number of imidazole rings is 1. The molecule has 0 radical (unpaired) electrons. The standard InChI is InChI=1S/C24H25F3N4O/c25-24(26,27)23-28-20-5-1-2-6-21(20)31(23)15-17-7-9-18(10-8-17)22(32)30-14-11-19(16-30)29-12-3-4-13-29/h1-2,5-10,19H,3-4,11-16H2/t19-/m0/s1. The maximum atomic E-state index is 13.5. The minimum atomic E-state index is -4.55. The first-order valence-electron chi connectivity index (χ1n) is 11.0. The van der Waals surface area contributed by atoms with Crippen LogP contribution >= 0.6 is 0 Å². The molecule has 168 valence electrons. The van der Waals surface area contributed by atoms with E-state index in [0.717, 1.165) is 32.6 Å². The van der Waals surface area contributed by atoms with Gasteiger partial charge < -0.3 is 9.47 Å². The average Bonchev–Trinajstić information content (AvgIpc) is 3.53. The van der Waals surface area contributed by atoms with E-state index in [-0.39, 0.29) is 12.5 Å². The fourth-order valence-electron chi connectivity index (χ4n) is 4.90. The van der Waals surface area contributed by atoms with Crippen LogP contribution < -0.4 is 0 Å². The number of hydrogen-bond donors (Lipinski definition) is 0. The van der Waals surface area contributed by atoms with Gasteiger partial charge in [0.2, 0.25) is 5.82 Å². The van der Waals surface area contributed by atoms with Crippen LogP contribution in [0.2, 0.25) is 0 Å². The second-order valence-electron chi connectivity index (χ2n) is 8.64. The van der Waals surface area contributed by atoms with E-state index in [1.165, 1.54) is 17.4 Å². The van der Waals surface area contributed by atoms with Gasteiger partial charge in [0.1, 0.15) is 0 Å². The van der Waals surface area contributed by atoms with Gasteiger partial charge in [-0.15, -0.1) is 0 Å². The Kier molecular flexibility index (Phi) is 5.41. The number of hydrogen-bond acceptors (Lipinski definition) is 3. The largest absolute Gasteiger partial charge is 0.449 e. The van der Waals surface area contributed by atoms with Crippen molar-refractivity contribution in [2.24, 2.45) is 0 Å². The van der Waals surface area contributed by atoms with Gasteiger partial charge in [-0.25, -0.2) is 4.98 Å². The third kappa shape index (κ3) is 3.99. The molecule has 1 amide bonds. The van der Waals surface area contributed by atoms with Crippen LogP contribution in [0.3, 0.4) is 0 Å². The molecule has 2 aromatic carbocycles. The van der Waals surface area contributed by atoms with Crippen LogP contribution in [0.4, 0.5) is 13.2 Å². The first-order chi connectivity index (χ1) is 15.4. The molecular weight excluding hydrogens is 417 g/mol. The van der Waals surface area contributed by atoms with Crippen molar-refractivity contribution in [3.8, 4) is 0 Å². The molecule has 3 aromatic rings. The molecule has 5 rings (SSSR count). The predicted molar refractivity (Wildman–Crippen MR) is 115 cm³/mol. The van der Waals surface area contributed by atoms with Crippen LogP contribution in [0.25, 0.3) is 11.0 Å². The van der Waals surface area contributed by atoms with E-state index >= 15 is 0 Å². The predicted octanol–water partition coefficient (Wildman–Crippen LogP) is 4.41. The molecule has 0 unspecified atom stereocenters. The number of carbonyl (C=O) groups is 1. The third-order valence-corrected chi connectivity index (χ3v) is 6.56. The highest BCUT2D eigenvalue weighted by molar-refractivity contribution is 5.94. The van der Waals surface area contributed by atoms with Gasteiger partial charge >= 0.3 is 6.18 Å². The fraction of sp³-hybridized carbons (Fsp3) is 0.417. The summed E-state index contributed by atoms with van der Waals surface area (Å²) in [4.78, 5) is 21.1. The molecule has 0 N–H and O–H groups in total. The highest BCUT2D eigenvalue weighted by Gasteiger charge is 2.37. The van der Waals surface area contributed by atoms with E-state index in [1.54, 1.807) is 48.5 Å². The number of para-hydroxylation sites is 2. The summed E-state index contributed by atoms with van der Waals surface area (Å²) < 4.78 is 41.8. The van der Waals surface area contributed by atoms with Gasteiger partial charge in [-0.2, -0.15) is 13.2 Å². The van der Waals surface area contributed by atoms with Crippen LogP contribution in [0.5, 0.6) is 0 Å². The number of likely N-dealkylation sites (tertiary alicyclic amines) is 2. The Labute approximate surface area is 184 Å². The van der Waals surface area contributed by atoms with Crippen molar-refractivity contribution in [2.45, 2.75) is 38.0 Å². The molecule has 1 aromatic heterocycles. The number of benzene rings is 2. The molecule has 3 heterocycles. The van der Waals surface area contributed by atoms with Crippen LogP contribution in [0, 0.1) is 0 Å². The van der Waals surface area contributed by atoms with Crippen LogP contribution in [0.15, 0.2) is 48.5 Å². The van der Waals surface area contributed by atoms with Gasteiger partial charge in [0.05, 0.1) is 11.0 Å². The van der Waals surface area contributed by atoms with Crippen molar-refractivity contribution in [2.75, 3.05) is 26.2 Å². The molecule has 8 heteroatoms. The lowest BCUT2D eigenvalue weighted by Crippen LogP contribution is -2.37. The number of carbonyl (C=O) groups excluding carboxylic acids is 1. The number of alkyl halides is 3. The number of nitrogens with zero attached hydrogens (tertiary/aromatic N) is 4. The lowest BCUT2D eigenvalue weighted by molar-refractivity contribution is -0.146. The molecule has 2 aliphatic heterocycles. The number of aromatic nitrogens is 2. The van der Waals surface area contributed by atoms with Crippen LogP contribution in [-0.2, 0) is 12.7 Å². The van der Waals surface area contributed by atoms with Crippen molar-refractivity contribution in [3.63, 3.8) is 0 Å². The Morgan fingerprint density at radius 2 is 1.72 bits per heavy atom. The number of fused-ring (bicyclic) bond motifs is 1. The Bertz CT molecular complexity index is 1120. The molecule has 0 saturated carbocycles. The van der Waals surface area contributed by atoms with Crippen molar-refractivity contribution < 1.29 is 18.0 Å². The minimum Gasteiger partial charge on any atom is -0.337 e. The molecule has 32 heavy (non-hydrogen) atoms. The van der Waals surface area contributed by atoms with E-state index in [2.05, 4.69) is 9.88 Å².